The molecule has 1 aliphatic heterocycles. The highest BCUT2D eigenvalue weighted by Gasteiger charge is 2.30. The van der Waals surface area contributed by atoms with Gasteiger partial charge in [0, 0.05) is 25.0 Å². The topological polar surface area (TPSA) is 75.7 Å². The highest BCUT2D eigenvalue weighted by atomic mass is 35.5. The quantitative estimate of drug-likeness (QED) is 0.806. The summed E-state index contributed by atoms with van der Waals surface area (Å²) in [6, 6.07) is 4.68. The Bertz CT molecular complexity index is 681. The van der Waals surface area contributed by atoms with Crippen molar-refractivity contribution in [2.24, 2.45) is 5.92 Å². The van der Waals surface area contributed by atoms with Crippen LogP contribution in [0.25, 0.3) is 0 Å². The molecule has 1 aromatic carbocycles. The van der Waals surface area contributed by atoms with Crippen LogP contribution in [0.3, 0.4) is 0 Å². The van der Waals surface area contributed by atoms with Gasteiger partial charge in [-0.2, -0.15) is 0 Å². The van der Waals surface area contributed by atoms with E-state index in [1.54, 1.807) is 17.0 Å². The molecule has 1 N–H and O–H groups in total. The fourth-order valence-electron chi connectivity index (χ4n) is 2.61. The molecule has 1 heterocycles. The van der Waals surface area contributed by atoms with Crippen LogP contribution in [0, 0.1) is 5.92 Å². The molecule has 2 amide bonds. The SMILES string of the molecule is CC(=O)N1CCC[C@@H](C(=O)O[C@H](C)C(=O)Nc2cc(Cl)ccc2Cl)C1. The van der Waals surface area contributed by atoms with E-state index in [4.69, 9.17) is 27.9 Å². The smallest absolute Gasteiger partial charge is 0.311 e. The highest BCUT2D eigenvalue weighted by molar-refractivity contribution is 6.35. The molecule has 2 rings (SSSR count). The van der Waals surface area contributed by atoms with E-state index >= 15 is 0 Å². The van der Waals surface area contributed by atoms with E-state index in [0.29, 0.717) is 35.2 Å². The molecule has 0 unspecified atom stereocenters. The number of rotatable bonds is 4. The molecule has 0 saturated carbocycles. The van der Waals surface area contributed by atoms with Gasteiger partial charge in [-0.05, 0) is 38.0 Å². The minimum atomic E-state index is -0.991. The molecule has 0 radical (unpaired) electrons. The van der Waals surface area contributed by atoms with E-state index in [9.17, 15) is 14.4 Å². The van der Waals surface area contributed by atoms with Gasteiger partial charge in [0.05, 0.1) is 16.6 Å². The number of ether oxygens (including phenoxy) is 1. The van der Waals surface area contributed by atoms with Crippen LogP contribution in [-0.4, -0.2) is 41.9 Å². The monoisotopic (exact) mass is 386 g/mol. The van der Waals surface area contributed by atoms with E-state index in [1.165, 1.54) is 19.9 Å². The third-order valence-corrected chi connectivity index (χ3v) is 4.61. The van der Waals surface area contributed by atoms with Gasteiger partial charge in [0.15, 0.2) is 6.10 Å². The number of carbonyl (C=O) groups is 3. The maximum atomic E-state index is 12.3. The lowest BCUT2D eigenvalue weighted by Gasteiger charge is -2.31. The van der Waals surface area contributed by atoms with Crippen LogP contribution in [-0.2, 0) is 19.1 Å². The molecule has 25 heavy (non-hydrogen) atoms. The third-order valence-electron chi connectivity index (χ3n) is 4.05. The van der Waals surface area contributed by atoms with Gasteiger partial charge in [-0.15, -0.1) is 0 Å². The Morgan fingerprint density at radius 2 is 2.04 bits per heavy atom. The van der Waals surface area contributed by atoms with Gasteiger partial charge in [-0.1, -0.05) is 23.2 Å². The van der Waals surface area contributed by atoms with Crippen molar-refractivity contribution in [3.8, 4) is 0 Å². The summed E-state index contributed by atoms with van der Waals surface area (Å²) in [7, 11) is 0. The maximum Gasteiger partial charge on any atom is 0.311 e. The summed E-state index contributed by atoms with van der Waals surface area (Å²) in [5, 5.41) is 3.35. The van der Waals surface area contributed by atoms with Crippen molar-refractivity contribution in [2.45, 2.75) is 32.8 Å². The van der Waals surface area contributed by atoms with Crippen LogP contribution in [0.5, 0.6) is 0 Å². The van der Waals surface area contributed by atoms with Crippen molar-refractivity contribution in [3.05, 3.63) is 28.2 Å². The van der Waals surface area contributed by atoms with Gasteiger partial charge in [0.25, 0.3) is 5.91 Å². The van der Waals surface area contributed by atoms with Crippen molar-refractivity contribution >= 4 is 46.7 Å². The first-order chi connectivity index (χ1) is 11.8. The fraction of sp³-hybridized carbons (Fsp3) is 0.471. The Morgan fingerprint density at radius 1 is 1.32 bits per heavy atom. The summed E-state index contributed by atoms with van der Waals surface area (Å²) in [5.41, 5.74) is 0.350. The van der Waals surface area contributed by atoms with Crippen molar-refractivity contribution in [1.82, 2.24) is 4.90 Å². The van der Waals surface area contributed by atoms with Crippen molar-refractivity contribution in [2.75, 3.05) is 18.4 Å². The molecule has 6 nitrogen and oxygen atoms in total. The average molecular weight is 387 g/mol. The van der Waals surface area contributed by atoms with Crippen LogP contribution in [0.4, 0.5) is 5.69 Å². The number of halogens is 2. The van der Waals surface area contributed by atoms with Crippen LogP contribution in [0.1, 0.15) is 26.7 Å². The Morgan fingerprint density at radius 3 is 2.72 bits per heavy atom. The van der Waals surface area contributed by atoms with Crippen LogP contribution >= 0.6 is 23.2 Å². The molecule has 0 aliphatic carbocycles. The minimum Gasteiger partial charge on any atom is -0.452 e. The second-order valence-electron chi connectivity index (χ2n) is 6.00. The predicted molar refractivity (Wildman–Crippen MR) is 95.6 cm³/mol. The Hall–Kier alpha value is -1.79. The van der Waals surface area contributed by atoms with Crippen molar-refractivity contribution < 1.29 is 19.1 Å². The number of esters is 1. The summed E-state index contributed by atoms with van der Waals surface area (Å²) >= 11 is 11.9. The lowest BCUT2D eigenvalue weighted by Crippen LogP contribution is -2.43. The Balaban J connectivity index is 1.93. The first kappa shape index (κ1) is 19.5. The summed E-state index contributed by atoms with van der Waals surface area (Å²) in [6.45, 7) is 3.92. The predicted octanol–water partition coefficient (Wildman–Crippen LogP) is 3.12. The zero-order chi connectivity index (χ0) is 18.6. The molecule has 0 spiro atoms. The van der Waals surface area contributed by atoms with E-state index in [-0.39, 0.29) is 5.91 Å². The lowest BCUT2D eigenvalue weighted by atomic mass is 9.98. The molecule has 1 aliphatic rings. The van der Waals surface area contributed by atoms with E-state index in [0.717, 1.165) is 6.42 Å². The average Bonchev–Trinajstić information content (AvgIpc) is 2.58. The Labute approximate surface area is 156 Å². The fourth-order valence-corrected chi connectivity index (χ4v) is 2.94. The van der Waals surface area contributed by atoms with Gasteiger partial charge in [0.1, 0.15) is 0 Å². The summed E-state index contributed by atoms with van der Waals surface area (Å²) < 4.78 is 5.26. The molecule has 2 atom stereocenters. The number of piperidine rings is 1. The second-order valence-corrected chi connectivity index (χ2v) is 6.84. The van der Waals surface area contributed by atoms with Gasteiger partial charge in [0.2, 0.25) is 5.91 Å². The van der Waals surface area contributed by atoms with Crippen LogP contribution < -0.4 is 5.32 Å². The van der Waals surface area contributed by atoms with E-state index in [1.807, 2.05) is 0 Å². The maximum absolute atomic E-state index is 12.3. The molecule has 1 aromatic rings. The van der Waals surface area contributed by atoms with Gasteiger partial charge < -0.3 is 15.0 Å². The van der Waals surface area contributed by atoms with Crippen molar-refractivity contribution in [1.29, 1.82) is 0 Å². The van der Waals surface area contributed by atoms with Gasteiger partial charge in [-0.25, -0.2) is 0 Å². The first-order valence-electron chi connectivity index (χ1n) is 8.00. The molecule has 1 saturated heterocycles. The second kappa shape index (κ2) is 8.54. The molecule has 136 valence electrons. The first-order valence-corrected chi connectivity index (χ1v) is 8.75. The third kappa shape index (κ3) is 5.34. The van der Waals surface area contributed by atoms with Gasteiger partial charge >= 0.3 is 5.97 Å². The van der Waals surface area contributed by atoms with E-state index in [2.05, 4.69) is 5.32 Å². The van der Waals surface area contributed by atoms with Crippen molar-refractivity contribution in [3.63, 3.8) is 0 Å². The number of hydrogen-bond donors (Lipinski definition) is 1. The molecular weight excluding hydrogens is 367 g/mol. The molecule has 8 heteroatoms. The molecular formula is C17H20Cl2N2O4. The molecule has 1 fully saturated rings. The van der Waals surface area contributed by atoms with Gasteiger partial charge in [-0.3, -0.25) is 14.4 Å². The largest absolute Gasteiger partial charge is 0.452 e. The normalized spacial score (nSPS) is 18.4. The minimum absolute atomic E-state index is 0.0705. The number of nitrogens with zero attached hydrogens (tertiary/aromatic N) is 1. The Kier molecular flexibility index (Phi) is 6.67. The van der Waals surface area contributed by atoms with E-state index < -0.39 is 23.9 Å². The zero-order valence-electron chi connectivity index (χ0n) is 14.1. The number of carbonyl (C=O) groups excluding carboxylic acids is 3. The summed E-state index contributed by atoms with van der Waals surface area (Å²) in [6.07, 6.45) is 0.380. The highest BCUT2D eigenvalue weighted by Crippen LogP contribution is 2.26. The number of nitrogens with one attached hydrogen (secondary N) is 1. The number of benzene rings is 1. The number of anilines is 1. The standard InChI is InChI=1S/C17H20Cl2N2O4/c1-10(16(23)20-15-8-13(18)5-6-14(15)19)25-17(24)12-4-3-7-21(9-12)11(2)22/h5-6,8,10,12H,3-4,7,9H2,1-2H3,(H,20,23)/t10-,12-/m1/s1. The summed E-state index contributed by atoms with van der Waals surface area (Å²) in [5.74, 6) is -1.47. The number of amides is 2. The molecule has 0 bridgehead atoms. The molecule has 0 aromatic heterocycles. The lowest BCUT2D eigenvalue weighted by molar-refractivity contribution is -0.159. The zero-order valence-corrected chi connectivity index (χ0v) is 15.6. The number of likely N-dealkylation sites (tertiary alicyclic amines) is 1. The summed E-state index contributed by atoms with van der Waals surface area (Å²) in [4.78, 5) is 37.5. The van der Waals surface area contributed by atoms with Crippen LogP contribution in [0.15, 0.2) is 18.2 Å². The number of hydrogen-bond acceptors (Lipinski definition) is 4. The van der Waals surface area contributed by atoms with Crippen LogP contribution in [0.2, 0.25) is 10.0 Å².